The summed E-state index contributed by atoms with van der Waals surface area (Å²) in [4.78, 5) is 11.1. The van der Waals surface area contributed by atoms with E-state index in [-0.39, 0.29) is 0 Å². The highest BCUT2D eigenvalue weighted by Crippen LogP contribution is 2.24. The lowest BCUT2D eigenvalue weighted by Gasteiger charge is -2.31. The topological polar surface area (TPSA) is 59.5 Å². The van der Waals surface area contributed by atoms with Crippen molar-refractivity contribution in [1.82, 2.24) is 9.97 Å². The highest BCUT2D eigenvalue weighted by molar-refractivity contribution is 5.48. The summed E-state index contributed by atoms with van der Waals surface area (Å²) in [6.07, 6.45) is 4.99. The van der Waals surface area contributed by atoms with Crippen LogP contribution in [0.3, 0.4) is 0 Å². The van der Waals surface area contributed by atoms with Gasteiger partial charge in [0.2, 0.25) is 0 Å². The third-order valence-electron chi connectivity index (χ3n) is 4.42. The maximum Gasteiger partial charge on any atom is 0.167 e. The van der Waals surface area contributed by atoms with Crippen LogP contribution >= 0.6 is 0 Å². The molecular weight excluding hydrogens is 280 g/mol. The normalized spacial score (nSPS) is 24.5. The number of aromatic nitrogens is 2. The first-order chi connectivity index (χ1) is 10.6. The molecule has 0 amide bonds. The minimum atomic E-state index is -0.453. The quantitative estimate of drug-likeness (QED) is 0.900. The van der Waals surface area contributed by atoms with E-state index in [1.807, 2.05) is 13.0 Å². The van der Waals surface area contributed by atoms with Crippen LogP contribution < -0.4 is 10.2 Å². The molecule has 1 aromatic heterocycles. The zero-order valence-corrected chi connectivity index (χ0v) is 13.5. The monoisotopic (exact) mass is 306 g/mol. The number of hydrogen-bond donors (Lipinski definition) is 1. The van der Waals surface area contributed by atoms with E-state index in [1.165, 1.54) is 12.8 Å². The summed E-state index contributed by atoms with van der Waals surface area (Å²) in [7, 11) is 0. The number of rotatable bonds is 5. The van der Waals surface area contributed by atoms with E-state index in [0.29, 0.717) is 13.2 Å². The van der Waals surface area contributed by atoms with Crippen LogP contribution in [-0.2, 0) is 9.47 Å². The van der Waals surface area contributed by atoms with Gasteiger partial charge in [0.25, 0.3) is 0 Å². The minimum absolute atomic E-state index is 0.453. The van der Waals surface area contributed by atoms with Gasteiger partial charge in [0.1, 0.15) is 18.0 Å². The van der Waals surface area contributed by atoms with Crippen molar-refractivity contribution in [1.29, 1.82) is 0 Å². The van der Waals surface area contributed by atoms with Crippen molar-refractivity contribution in [2.24, 2.45) is 5.92 Å². The van der Waals surface area contributed by atoms with Crippen LogP contribution in [0.2, 0.25) is 0 Å². The molecule has 2 aliphatic heterocycles. The van der Waals surface area contributed by atoms with Gasteiger partial charge in [-0.15, -0.1) is 0 Å². The van der Waals surface area contributed by atoms with Crippen LogP contribution in [0.1, 0.15) is 33.1 Å². The molecule has 3 rings (SSSR count). The van der Waals surface area contributed by atoms with Gasteiger partial charge in [-0.2, -0.15) is 0 Å². The number of ether oxygens (including phenoxy) is 2. The molecular formula is C16H26N4O2. The molecule has 3 heterocycles. The van der Waals surface area contributed by atoms with Gasteiger partial charge < -0.3 is 19.7 Å². The number of anilines is 2. The number of hydrogen-bond acceptors (Lipinski definition) is 6. The highest BCUT2D eigenvalue weighted by Gasteiger charge is 2.30. The van der Waals surface area contributed by atoms with Gasteiger partial charge in [0, 0.05) is 32.1 Å². The van der Waals surface area contributed by atoms with Gasteiger partial charge >= 0.3 is 0 Å². The summed E-state index contributed by atoms with van der Waals surface area (Å²) in [5.74, 6) is 2.16. The molecule has 2 saturated heterocycles. The Morgan fingerprint density at radius 3 is 2.95 bits per heavy atom. The van der Waals surface area contributed by atoms with Crippen LogP contribution in [0.4, 0.5) is 11.6 Å². The first-order valence-electron chi connectivity index (χ1n) is 8.23. The standard InChI is InChI=1S/C16H26N4O2/c1-13-4-3-7-20(11-13)15-10-14(18-12-19-15)17-6-5-16(2)21-8-9-22-16/h10,12-13H,3-9,11H2,1-2H3,(H,17,18,19). The van der Waals surface area contributed by atoms with E-state index in [2.05, 4.69) is 27.1 Å². The fourth-order valence-corrected chi connectivity index (χ4v) is 3.13. The Labute approximate surface area is 132 Å². The van der Waals surface area contributed by atoms with Crippen LogP contribution in [0.15, 0.2) is 12.4 Å². The third-order valence-corrected chi connectivity index (χ3v) is 4.42. The zero-order valence-electron chi connectivity index (χ0n) is 13.5. The summed E-state index contributed by atoms with van der Waals surface area (Å²) >= 11 is 0. The Morgan fingerprint density at radius 1 is 1.36 bits per heavy atom. The van der Waals surface area contributed by atoms with E-state index in [0.717, 1.165) is 43.6 Å². The number of nitrogens with zero attached hydrogens (tertiary/aromatic N) is 3. The predicted octanol–water partition coefficient (Wildman–Crippen LogP) is 2.28. The fourth-order valence-electron chi connectivity index (χ4n) is 3.13. The number of nitrogens with one attached hydrogen (secondary N) is 1. The van der Waals surface area contributed by atoms with Gasteiger partial charge in [0.05, 0.1) is 13.2 Å². The summed E-state index contributed by atoms with van der Waals surface area (Å²) < 4.78 is 11.2. The van der Waals surface area contributed by atoms with Crippen molar-refractivity contribution in [3.05, 3.63) is 12.4 Å². The van der Waals surface area contributed by atoms with E-state index in [9.17, 15) is 0 Å². The molecule has 0 radical (unpaired) electrons. The smallest absolute Gasteiger partial charge is 0.167 e. The molecule has 2 aliphatic rings. The second kappa shape index (κ2) is 6.79. The van der Waals surface area contributed by atoms with E-state index >= 15 is 0 Å². The predicted molar refractivity (Wildman–Crippen MR) is 86.1 cm³/mol. The Kier molecular flexibility index (Phi) is 4.78. The average molecular weight is 306 g/mol. The second-order valence-electron chi connectivity index (χ2n) is 6.46. The average Bonchev–Trinajstić information content (AvgIpc) is 2.94. The van der Waals surface area contributed by atoms with Gasteiger partial charge in [-0.05, 0) is 25.7 Å². The van der Waals surface area contributed by atoms with Crippen molar-refractivity contribution in [2.45, 2.75) is 38.9 Å². The second-order valence-corrected chi connectivity index (χ2v) is 6.46. The first kappa shape index (κ1) is 15.5. The minimum Gasteiger partial charge on any atom is -0.370 e. The molecule has 6 heteroatoms. The molecule has 6 nitrogen and oxygen atoms in total. The summed E-state index contributed by atoms with van der Waals surface area (Å²) in [5, 5.41) is 3.35. The largest absolute Gasteiger partial charge is 0.370 e. The van der Waals surface area contributed by atoms with Crippen molar-refractivity contribution in [3.8, 4) is 0 Å². The molecule has 0 bridgehead atoms. The Bertz CT molecular complexity index is 491. The highest BCUT2D eigenvalue weighted by atomic mass is 16.7. The molecule has 0 aliphatic carbocycles. The van der Waals surface area contributed by atoms with Gasteiger partial charge in [0.15, 0.2) is 5.79 Å². The van der Waals surface area contributed by atoms with E-state index < -0.39 is 5.79 Å². The molecule has 1 aromatic rings. The summed E-state index contributed by atoms with van der Waals surface area (Å²) in [5.41, 5.74) is 0. The SMILES string of the molecule is CC1CCCN(c2cc(NCCC3(C)OCCO3)ncn2)C1. The molecule has 0 spiro atoms. The van der Waals surface area contributed by atoms with Crippen LogP contribution in [0.25, 0.3) is 0 Å². The van der Waals surface area contributed by atoms with E-state index in [1.54, 1.807) is 6.33 Å². The molecule has 2 fully saturated rings. The van der Waals surface area contributed by atoms with Gasteiger partial charge in [-0.3, -0.25) is 0 Å². The zero-order chi connectivity index (χ0) is 15.4. The molecule has 1 unspecified atom stereocenters. The first-order valence-corrected chi connectivity index (χ1v) is 8.23. The molecule has 122 valence electrons. The van der Waals surface area contributed by atoms with Crippen LogP contribution in [-0.4, -0.2) is 48.6 Å². The van der Waals surface area contributed by atoms with Crippen molar-refractivity contribution >= 4 is 11.6 Å². The van der Waals surface area contributed by atoms with Gasteiger partial charge in [-0.1, -0.05) is 6.92 Å². The lowest BCUT2D eigenvalue weighted by Crippen LogP contribution is -2.34. The number of piperidine rings is 1. The van der Waals surface area contributed by atoms with Crippen LogP contribution in [0, 0.1) is 5.92 Å². The maximum atomic E-state index is 5.61. The third kappa shape index (κ3) is 3.87. The Balaban J connectivity index is 1.54. The summed E-state index contributed by atoms with van der Waals surface area (Å²) in [6.45, 7) is 8.58. The lowest BCUT2D eigenvalue weighted by molar-refractivity contribution is -0.144. The van der Waals surface area contributed by atoms with Gasteiger partial charge in [-0.25, -0.2) is 9.97 Å². The molecule has 0 aromatic carbocycles. The molecule has 0 saturated carbocycles. The lowest BCUT2D eigenvalue weighted by atomic mass is 10.0. The van der Waals surface area contributed by atoms with Crippen molar-refractivity contribution in [3.63, 3.8) is 0 Å². The fraction of sp³-hybridized carbons (Fsp3) is 0.750. The summed E-state index contributed by atoms with van der Waals surface area (Å²) in [6, 6.07) is 2.04. The maximum absolute atomic E-state index is 5.61. The molecule has 22 heavy (non-hydrogen) atoms. The Hall–Kier alpha value is -1.40. The van der Waals surface area contributed by atoms with Crippen LogP contribution in [0.5, 0.6) is 0 Å². The molecule has 1 N–H and O–H groups in total. The van der Waals surface area contributed by atoms with E-state index in [4.69, 9.17) is 9.47 Å². The van der Waals surface area contributed by atoms with Crippen molar-refractivity contribution in [2.75, 3.05) is 43.1 Å². The Morgan fingerprint density at radius 2 is 2.18 bits per heavy atom. The van der Waals surface area contributed by atoms with Crippen molar-refractivity contribution < 1.29 is 9.47 Å². The molecule has 1 atom stereocenters.